The van der Waals surface area contributed by atoms with Crippen LogP contribution < -0.4 is 5.73 Å². The van der Waals surface area contributed by atoms with Gasteiger partial charge in [0.15, 0.2) is 0 Å². The third-order valence-corrected chi connectivity index (χ3v) is 5.89. The average Bonchev–Trinajstić information content (AvgIpc) is 2.35. The van der Waals surface area contributed by atoms with Crippen molar-refractivity contribution in [1.82, 2.24) is 15.0 Å². The van der Waals surface area contributed by atoms with Gasteiger partial charge in [-0.05, 0) is 75.5 Å². The molecule has 4 saturated carbocycles. The maximum absolute atomic E-state index is 6.61. The Bertz CT molecular complexity index is 479. The highest BCUT2D eigenvalue weighted by Crippen LogP contribution is 2.58. The van der Waals surface area contributed by atoms with E-state index in [0.717, 1.165) is 41.1 Å². The molecule has 0 aliphatic heterocycles. The van der Waals surface area contributed by atoms with Crippen molar-refractivity contribution in [3.63, 3.8) is 0 Å². The normalized spacial score (nSPS) is 40.0. The first-order valence-corrected chi connectivity index (χ1v) is 8.05. The average molecular weight is 272 g/mol. The number of aromatic nitrogens is 3. The van der Waals surface area contributed by atoms with E-state index in [4.69, 9.17) is 5.73 Å². The van der Waals surface area contributed by atoms with E-state index in [1.165, 1.54) is 32.1 Å². The molecule has 108 valence electrons. The first-order valence-electron chi connectivity index (χ1n) is 8.05. The van der Waals surface area contributed by atoms with Crippen molar-refractivity contribution in [1.29, 1.82) is 0 Å². The summed E-state index contributed by atoms with van der Waals surface area (Å²) in [6.07, 6.45) is 7.07. The Balaban J connectivity index is 1.63. The Morgan fingerprint density at radius 2 is 1.35 bits per heavy atom. The fraction of sp³-hybridized carbons (Fsp3) is 0.812. The van der Waals surface area contributed by atoms with Gasteiger partial charge in [-0.1, -0.05) is 0 Å². The van der Waals surface area contributed by atoms with Gasteiger partial charge in [0.1, 0.15) is 17.5 Å². The molecule has 0 saturated heterocycles. The molecule has 1 aromatic heterocycles. The van der Waals surface area contributed by atoms with E-state index in [1.807, 2.05) is 13.8 Å². The van der Waals surface area contributed by atoms with Crippen LogP contribution in [0, 0.1) is 43.4 Å². The second-order valence-electron chi connectivity index (χ2n) is 7.32. The van der Waals surface area contributed by atoms with Gasteiger partial charge in [0, 0.05) is 0 Å². The molecule has 1 heterocycles. The summed E-state index contributed by atoms with van der Waals surface area (Å²) in [6.45, 7) is 3.86. The Morgan fingerprint density at radius 3 is 1.85 bits per heavy atom. The summed E-state index contributed by atoms with van der Waals surface area (Å²) in [5, 5.41) is 0. The molecule has 0 amide bonds. The van der Waals surface area contributed by atoms with Crippen molar-refractivity contribution in [2.75, 3.05) is 0 Å². The summed E-state index contributed by atoms with van der Waals surface area (Å²) in [4.78, 5) is 13.3. The van der Waals surface area contributed by atoms with Crippen LogP contribution in [0.1, 0.15) is 55.6 Å². The van der Waals surface area contributed by atoms with E-state index in [-0.39, 0.29) is 6.04 Å². The number of nitrogens with zero attached hydrogens (tertiary/aromatic N) is 3. The zero-order chi connectivity index (χ0) is 13.9. The lowest BCUT2D eigenvalue weighted by atomic mass is 9.50. The molecule has 4 aliphatic carbocycles. The van der Waals surface area contributed by atoms with E-state index in [0.29, 0.717) is 5.92 Å². The zero-order valence-electron chi connectivity index (χ0n) is 12.4. The first-order chi connectivity index (χ1) is 9.60. The fourth-order valence-corrected chi connectivity index (χ4v) is 5.52. The Kier molecular flexibility index (Phi) is 2.85. The van der Waals surface area contributed by atoms with Crippen molar-refractivity contribution in [3.05, 3.63) is 17.5 Å². The first kappa shape index (κ1) is 12.7. The summed E-state index contributed by atoms with van der Waals surface area (Å²) in [7, 11) is 0. The Morgan fingerprint density at radius 1 is 0.850 bits per heavy atom. The predicted octanol–water partition coefficient (Wildman–Crippen LogP) is 2.56. The molecular formula is C16H24N4. The third kappa shape index (κ3) is 1.96. The molecule has 4 fully saturated rings. The lowest BCUT2D eigenvalue weighted by Gasteiger charge is -2.55. The molecule has 20 heavy (non-hydrogen) atoms. The molecule has 0 aromatic carbocycles. The minimum Gasteiger partial charge on any atom is -0.321 e. The van der Waals surface area contributed by atoms with Crippen LogP contribution in [0.4, 0.5) is 0 Å². The van der Waals surface area contributed by atoms with E-state index < -0.39 is 0 Å². The van der Waals surface area contributed by atoms with Gasteiger partial charge in [0.25, 0.3) is 0 Å². The van der Waals surface area contributed by atoms with Crippen LogP contribution in [0.15, 0.2) is 0 Å². The molecule has 5 rings (SSSR count). The van der Waals surface area contributed by atoms with E-state index in [1.54, 1.807) is 0 Å². The SMILES string of the molecule is Cc1nc(C)nc(C(N)C2C3CC4CC(C3)CC2C4)n1. The minimum absolute atomic E-state index is 0.00500. The van der Waals surface area contributed by atoms with Crippen LogP contribution in [-0.4, -0.2) is 15.0 Å². The lowest BCUT2D eigenvalue weighted by Crippen LogP contribution is -2.49. The van der Waals surface area contributed by atoms with Gasteiger partial charge in [-0.2, -0.15) is 0 Å². The molecule has 4 bridgehead atoms. The molecule has 1 aromatic rings. The van der Waals surface area contributed by atoms with Gasteiger partial charge in [0.2, 0.25) is 0 Å². The summed E-state index contributed by atoms with van der Waals surface area (Å²) in [5.41, 5.74) is 6.61. The van der Waals surface area contributed by atoms with Gasteiger partial charge in [-0.15, -0.1) is 0 Å². The number of aryl methyl sites for hydroxylation is 2. The highest BCUT2D eigenvalue weighted by atomic mass is 15.0. The van der Waals surface area contributed by atoms with Crippen molar-refractivity contribution < 1.29 is 0 Å². The van der Waals surface area contributed by atoms with Crippen LogP contribution >= 0.6 is 0 Å². The Hall–Kier alpha value is -1.03. The van der Waals surface area contributed by atoms with Crippen LogP contribution in [0.3, 0.4) is 0 Å². The molecule has 4 heteroatoms. The van der Waals surface area contributed by atoms with Gasteiger partial charge in [-0.3, -0.25) is 0 Å². The van der Waals surface area contributed by atoms with Crippen molar-refractivity contribution in [2.45, 2.75) is 52.0 Å². The summed E-state index contributed by atoms with van der Waals surface area (Å²) in [6, 6.07) is 0.00500. The molecule has 4 aliphatic rings. The van der Waals surface area contributed by atoms with Crippen LogP contribution in [0.2, 0.25) is 0 Å². The fourth-order valence-electron chi connectivity index (χ4n) is 5.52. The summed E-state index contributed by atoms with van der Waals surface area (Å²) >= 11 is 0. The highest BCUT2D eigenvalue weighted by Gasteiger charge is 2.50. The third-order valence-electron chi connectivity index (χ3n) is 5.89. The van der Waals surface area contributed by atoms with E-state index >= 15 is 0 Å². The largest absolute Gasteiger partial charge is 0.321 e. The van der Waals surface area contributed by atoms with Crippen LogP contribution in [0.25, 0.3) is 0 Å². The monoisotopic (exact) mass is 272 g/mol. The quantitative estimate of drug-likeness (QED) is 0.898. The molecule has 4 nitrogen and oxygen atoms in total. The number of nitrogens with two attached hydrogens (primary N) is 1. The van der Waals surface area contributed by atoms with Gasteiger partial charge >= 0.3 is 0 Å². The Labute approximate surface area is 120 Å². The maximum atomic E-state index is 6.61. The van der Waals surface area contributed by atoms with E-state index in [9.17, 15) is 0 Å². The second kappa shape index (κ2) is 4.48. The molecule has 1 atom stereocenters. The zero-order valence-corrected chi connectivity index (χ0v) is 12.4. The van der Waals surface area contributed by atoms with Gasteiger partial charge in [0.05, 0.1) is 6.04 Å². The predicted molar refractivity (Wildman–Crippen MR) is 76.8 cm³/mol. The smallest absolute Gasteiger partial charge is 0.149 e. The van der Waals surface area contributed by atoms with Crippen LogP contribution in [-0.2, 0) is 0 Å². The topological polar surface area (TPSA) is 64.7 Å². The summed E-state index contributed by atoms with van der Waals surface area (Å²) in [5.74, 6) is 6.64. The van der Waals surface area contributed by atoms with Crippen molar-refractivity contribution in [2.24, 2.45) is 35.3 Å². The van der Waals surface area contributed by atoms with Crippen molar-refractivity contribution >= 4 is 0 Å². The summed E-state index contributed by atoms with van der Waals surface area (Å²) < 4.78 is 0. The van der Waals surface area contributed by atoms with Crippen LogP contribution in [0.5, 0.6) is 0 Å². The maximum Gasteiger partial charge on any atom is 0.149 e. The number of hydrogen-bond donors (Lipinski definition) is 1. The standard InChI is InChI=1S/C16H24N4/c1-8-18-9(2)20-16(19-8)15(17)14-12-4-10-3-11(6-12)7-13(14)5-10/h10-15H,3-7,17H2,1-2H3. The minimum atomic E-state index is 0.00500. The van der Waals surface area contributed by atoms with Gasteiger partial charge < -0.3 is 5.73 Å². The highest BCUT2D eigenvalue weighted by molar-refractivity contribution is 5.07. The van der Waals surface area contributed by atoms with Gasteiger partial charge in [-0.25, -0.2) is 15.0 Å². The molecule has 0 radical (unpaired) electrons. The molecule has 2 N–H and O–H groups in total. The second-order valence-corrected chi connectivity index (χ2v) is 7.32. The molecular weight excluding hydrogens is 248 g/mol. The number of rotatable bonds is 2. The lowest BCUT2D eigenvalue weighted by molar-refractivity contribution is -0.0482. The van der Waals surface area contributed by atoms with Crippen molar-refractivity contribution in [3.8, 4) is 0 Å². The molecule has 0 spiro atoms. The molecule has 1 unspecified atom stereocenters. The van der Waals surface area contributed by atoms with E-state index in [2.05, 4.69) is 15.0 Å². The number of hydrogen-bond acceptors (Lipinski definition) is 4.